The van der Waals surface area contributed by atoms with E-state index < -0.39 is 6.09 Å². The monoisotopic (exact) mass is 549 g/mol. The first kappa shape index (κ1) is 29.8. The minimum Gasteiger partial charge on any atom is -0.447 e. The van der Waals surface area contributed by atoms with Crippen LogP contribution in [0.5, 0.6) is 0 Å². The summed E-state index contributed by atoms with van der Waals surface area (Å²) in [6, 6.07) is 17.1. The Kier molecular flexibility index (Phi) is 10.4. The molecule has 7 nitrogen and oxygen atoms in total. The average Bonchev–Trinajstić information content (AvgIpc) is 2.95. The van der Waals surface area contributed by atoms with Crippen molar-refractivity contribution in [2.75, 3.05) is 51.2 Å². The van der Waals surface area contributed by atoms with Gasteiger partial charge < -0.3 is 25.6 Å². The lowest BCUT2D eigenvalue weighted by atomic mass is 9.64. The van der Waals surface area contributed by atoms with E-state index in [1.807, 2.05) is 37.3 Å². The molecule has 40 heavy (non-hydrogen) atoms. The second-order valence-electron chi connectivity index (χ2n) is 11.6. The molecule has 2 atom stereocenters. The molecule has 2 aromatic carbocycles. The lowest BCUT2D eigenvalue weighted by Crippen LogP contribution is -2.54. The summed E-state index contributed by atoms with van der Waals surface area (Å²) in [4.78, 5) is 16.5. The second-order valence-corrected chi connectivity index (χ2v) is 11.6. The van der Waals surface area contributed by atoms with Gasteiger partial charge in [-0.15, -0.1) is 0 Å². The first-order chi connectivity index (χ1) is 19.4. The Morgan fingerprint density at radius 3 is 2.55 bits per heavy atom. The molecular weight excluding hydrogens is 505 g/mol. The highest BCUT2D eigenvalue weighted by Crippen LogP contribution is 2.42. The maximum Gasteiger partial charge on any atom is 0.407 e. The summed E-state index contributed by atoms with van der Waals surface area (Å²) in [6.07, 6.45) is 5.10. The molecule has 8 heteroatoms. The topological polar surface area (TPSA) is 94.6 Å². The molecule has 0 aromatic heterocycles. The third-order valence-corrected chi connectivity index (χ3v) is 8.96. The Hall–Kier alpha value is -3.15. The number of benzene rings is 2. The van der Waals surface area contributed by atoms with Crippen molar-refractivity contribution in [1.82, 2.24) is 10.2 Å². The predicted octanol–water partition coefficient (Wildman–Crippen LogP) is 5.05. The Morgan fingerprint density at radius 2 is 1.93 bits per heavy atom. The smallest absolute Gasteiger partial charge is 0.407 e. The number of rotatable bonds is 12. The number of carbonyl (C=O) groups is 1. The van der Waals surface area contributed by atoms with Crippen LogP contribution in [0.15, 0.2) is 48.5 Å². The highest BCUT2D eigenvalue weighted by atomic mass is 19.1. The molecule has 1 amide bonds. The zero-order valence-electron chi connectivity index (χ0n) is 23.9. The number of nitriles is 1. The average molecular weight is 550 g/mol. The maximum atomic E-state index is 14.4. The molecule has 2 saturated heterocycles. The maximum absolute atomic E-state index is 14.4. The summed E-state index contributed by atoms with van der Waals surface area (Å²) in [5, 5.41) is 11.5. The van der Waals surface area contributed by atoms with Crippen molar-refractivity contribution < 1.29 is 13.9 Å². The SMILES string of the molecule is CNC(=O)O[C@H](C)CCCC[C@@](CN)(c1cccc(F)c1)C1CCN(CC2CN(c3ccc(C#N)cc3)C2)CC1. The summed E-state index contributed by atoms with van der Waals surface area (Å²) in [6.45, 7) is 7.66. The zero-order chi connectivity index (χ0) is 28.5. The van der Waals surface area contributed by atoms with Crippen LogP contribution in [-0.2, 0) is 10.2 Å². The van der Waals surface area contributed by atoms with Crippen LogP contribution in [-0.4, -0.2) is 63.4 Å². The van der Waals surface area contributed by atoms with Gasteiger partial charge in [0.05, 0.1) is 11.6 Å². The van der Waals surface area contributed by atoms with Crippen molar-refractivity contribution in [2.45, 2.75) is 57.0 Å². The number of nitrogens with zero attached hydrogens (tertiary/aromatic N) is 3. The van der Waals surface area contributed by atoms with Crippen LogP contribution in [0.1, 0.15) is 56.6 Å². The van der Waals surface area contributed by atoms with Crippen molar-refractivity contribution in [2.24, 2.45) is 17.6 Å². The van der Waals surface area contributed by atoms with Crippen molar-refractivity contribution in [3.05, 3.63) is 65.5 Å². The standard InChI is InChI=1S/C32H44FN5O2/c1-24(40-31(39)36-2)6-3-4-15-32(23-35,28-7-5-8-29(33)18-28)27-13-16-37(17-14-27)20-26-21-38(22-26)30-11-9-25(19-34)10-12-30/h5,7-12,18,24,26-27H,3-4,6,13-17,20-23,35H2,1-2H3,(H,36,39)/t24-,32+/m1/s1. The molecular formula is C32H44FN5O2. The minimum absolute atomic E-state index is 0.149. The first-order valence-corrected chi connectivity index (χ1v) is 14.7. The molecule has 0 spiro atoms. The van der Waals surface area contributed by atoms with Gasteiger partial charge in [0, 0.05) is 50.2 Å². The lowest BCUT2D eigenvalue weighted by molar-refractivity contribution is 0.0961. The molecule has 0 aliphatic carbocycles. The van der Waals surface area contributed by atoms with Gasteiger partial charge in [0.2, 0.25) is 0 Å². The molecule has 2 aliphatic heterocycles. The molecule has 0 saturated carbocycles. The number of hydrogen-bond acceptors (Lipinski definition) is 6. The van der Waals surface area contributed by atoms with E-state index >= 15 is 0 Å². The van der Waals surface area contributed by atoms with E-state index in [-0.39, 0.29) is 17.3 Å². The van der Waals surface area contributed by atoms with Gasteiger partial charge in [-0.2, -0.15) is 5.26 Å². The van der Waals surface area contributed by atoms with Crippen LogP contribution >= 0.6 is 0 Å². The van der Waals surface area contributed by atoms with Gasteiger partial charge in [0.1, 0.15) is 11.9 Å². The molecule has 0 unspecified atom stereocenters. The summed E-state index contributed by atoms with van der Waals surface area (Å²) >= 11 is 0. The second kappa shape index (κ2) is 14.0. The molecule has 0 bridgehead atoms. The number of unbranched alkanes of at least 4 members (excludes halogenated alkanes) is 1. The number of alkyl carbamates (subject to hydrolysis) is 1. The van der Waals surface area contributed by atoms with E-state index in [9.17, 15) is 9.18 Å². The minimum atomic E-state index is -0.404. The number of likely N-dealkylation sites (tertiary alicyclic amines) is 1. The summed E-state index contributed by atoms with van der Waals surface area (Å²) < 4.78 is 19.7. The van der Waals surface area contributed by atoms with Gasteiger partial charge >= 0.3 is 6.09 Å². The zero-order valence-corrected chi connectivity index (χ0v) is 23.9. The number of anilines is 1. The molecule has 2 heterocycles. The fourth-order valence-corrected chi connectivity index (χ4v) is 6.62. The van der Waals surface area contributed by atoms with Gasteiger partial charge in [-0.3, -0.25) is 0 Å². The lowest BCUT2D eigenvalue weighted by Gasteiger charge is -2.47. The van der Waals surface area contributed by atoms with Crippen molar-refractivity contribution in [3.63, 3.8) is 0 Å². The largest absolute Gasteiger partial charge is 0.447 e. The third kappa shape index (κ3) is 7.32. The normalized spacial score (nSPS) is 18.8. The third-order valence-electron chi connectivity index (χ3n) is 8.96. The predicted molar refractivity (Wildman–Crippen MR) is 157 cm³/mol. The highest BCUT2D eigenvalue weighted by Gasteiger charge is 2.41. The number of piperidine rings is 1. The molecule has 2 aliphatic rings. The van der Waals surface area contributed by atoms with Gasteiger partial charge in [0.15, 0.2) is 0 Å². The summed E-state index contributed by atoms with van der Waals surface area (Å²) in [5.41, 5.74) is 9.18. The van der Waals surface area contributed by atoms with Crippen LogP contribution in [0.2, 0.25) is 0 Å². The fourth-order valence-electron chi connectivity index (χ4n) is 6.62. The molecule has 0 radical (unpaired) electrons. The van der Waals surface area contributed by atoms with E-state index in [1.54, 1.807) is 19.2 Å². The Morgan fingerprint density at radius 1 is 1.20 bits per heavy atom. The van der Waals surface area contributed by atoms with E-state index in [0.29, 0.717) is 23.9 Å². The van der Waals surface area contributed by atoms with E-state index in [0.717, 1.165) is 76.8 Å². The van der Waals surface area contributed by atoms with Crippen molar-refractivity contribution in [3.8, 4) is 6.07 Å². The van der Waals surface area contributed by atoms with E-state index in [2.05, 4.69) is 21.2 Å². The number of halogens is 1. The Labute approximate surface area is 238 Å². The molecule has 4 rings (SSSR count). The number of carbonyl (C=O) groups excluding carboxylic acids is 1. The van der Waals surface area contributed by atoms with Gasteiger partial charge in [-0.05, 0) is 100.0 Å². The van der Waals surface area contributed by atoms with Crippen LogP contribution in [0, 0.1) is 29.0 Å². The van der Waals surface area contributed by atoms with E-state index in [1.165, 1.54) is 11.8 Å². The summed E-state index contributed by atoms with van der Waals surface area (Å²) in [5.74, 6) is 0.831. The van der Waals surface area contributed by atoms with Gasteiger partial charge in [-0.25, -0.2) is 9.18 Å². The number of nitrogens with one attached hydrogen (secondary N) is 1. The number of hydrogen-bond donors (Lipinski definition) is 2. The quantitative estimate of drug-likeness (QED) is 0.360. The number of amides is 1. The highest BCUT2D eigenvalue weighted by molar-refractivity contribution is 5.66. The number of nitrogens with two attached hydrogens (primary N) is 1. The van der Waals surface area contributed by atoms with Crippen molar-refractivity contribution >= 4 is 11.8 Å². The molecule has 216 valence electrons. The van der Waals surface area contributed by atoms with Crippen LogP contribution in [0.4, 0.5) is 14.9 Å². The van der Waals surface area contributed by atoms with Crippen LogP contribution in [0.25, 0.3) is 0 Å². The van der Waals surface area contributed by atoms with Gasteiger partial charge in [0.25, 0.3) is 0 Å². The van der Waals surface area contributed by atoms with Gasteiger partial charge in [-0.1, -0.05) is 18.6 Å². The Balaban J connectivity index is 1.31. The van der Waals surface area contributed by atoms with Crippen molar-refractivity contribution in [1.29, 1.82) is 5.26 Å². The van der Waals surface area contributed by atoms with E-state index in [4.69, 9.17) is 15.7 Å². The Bertz CT molecular complexity index is 1140. The molecule has 2 fully saturated rings. The first-order valence-electron chi connectivity index (χ1n) is 14.7. The molecule has 3 N–H and O–H groups in total. The fraction of sp³-hybridized carbons (Fsp3) is 0.562. The summed E-state index contributed by atoms with van der Waals surface area (Å²) in [7, 11) is 1.56. The number of ether oxygens (including phenoxy) is 1. The van der Waals surface area contributed by atoms with Crippen LogP contribution in [0.3, 0.4) is 0 Å². The van der Waals surface area contributed by atoms with Crippen LogP contribution < -0.4 is 16.0 Å². The molecule has 2 aromatic rings.